The Kier molecular flexibility index (Phi) is 3.78. The average Bonchev–Trinajstić information content (AvgIpc) is 2.00. The van der Waals surface area contributed by atoms with Crippen LogP contribution in [0.25, 0.3) is 0 Å². The highest BCUT2D eigenvalue weighted by molar-refractivity contribution is 5.76. The van der Waals surface area contributed by atoms with Crippen LogP contribution in [0.3, 0.4) is 0 Å². The molecule has 13 heavy (non-hydrogen) atoms. The maximum atomic E-state index is 12.8. The zero-order valence-corrected chi connectivity index (χ0v) is 7.68. The molecule has 0 bridgehead atoms. The van der Waals surface area contributed by atoms with Crippen molar-refractivity contribution in [1.29, 1.82) is 0 Å². The molecular formula is C8H14F2O3. The Morgan fingerprint density at radius 3 is 2.23 bits per heavy atom. The summed E-state index contributed by atoms with van der Waals surface area (Å²) in [5.74, 6) is -6.36. The molecule has 2 N–H and O–H groups in total. The molecule has 1 atom stereocenters. The predicted octanol–water partition coefficient (Wildman–Crippen LogP) is 1.65. The van der Waals surface area contributed by atoms with Crippen LogP contribution in [-0.2, 0) is 4.79 Å². The first-order valence-electron chi connectivity index (χ1n) is 4.09. The third kappa shape index (κ3) is 2.62. The molecule has 3 nitrogen and oxygen atoms in total. The second-order valence-corrected chi connectivity index (χ2v) is 3.26. The van der Waals surface area contributed by atoms with Gasteiger partial charge in [-0.1, -0.05) is 19.8 Å². The average molecular weight is 196 g/mol. The zero-order valence-electron chi connectivity index (χ0n) is 7.68. The van der Waals surface area contributed by atoms with Crippen LogP contribution >= 0.6 is 0 Å². The molecule has 0 aromatic carbocycles. The molecular weight excluding hydrogens is 182 g/mol. The molecule has 0 aliphatic heterocycles. The Hall–Kier alpha value is -0.710. The normalized spacial score (nSPS) is 16.7. The number of rotatable bonds is 5. The lowest BCUT2D eigenvalue weighted by molar-refractivity contribution is -0.205. The molecule has 0 amide bonds. The van der Waals surface area contributed by atoms with Crippen LogP contribution in [0, 0.1) is 0 Å². The van der Waals surface area contributed by atoms with Gasteiger partial charge in [-0.2, -0.15) is 8.78 Å². The summed E-state index contributed by atoms with van der Waals surface area (Å²) >= 11 is 0. The molecule has 0 aliphatic carbocycles. The van der Waals surface area contributed by atoms with Crippen molar-refractivity contribution in [3.05, 3.63) is 0 Å². The van der Waals surface area contributed by atoms with Crippen molar-refractivity contribution in [2.75, 3.05) is 0 Å². The molecule has 0 aromatic heterocycles. The number of halogens is 2. The van der Waals surface area contributed by atoms with E-state index in [0.717, 1.165) is 6.92 Å². The first-order chi connectivity index (χ1) is 5.75. The van der Waals surface area contributed by atoms with E-state index in [2.05, 4.69) is 0 Å². The molecule has 1 unspecified atom stereocenters. The van der Waals surface area contributed by atoms with E-state index in [1.165, 1.54) is 0 Å². The van der Waals surface area contributed by atoms with Crippen molar-refractivity contribution in [2.24, 2.45) is 0 Å². The van der Waals surface area contributed by atoms with Gasteiger partial charge in [0.05, 0.1) is 0 Å². The summed E-state index contributed by atoms with van der Waals surface area (Å²) < 4.78 is 25.6. The fourth-order valence-electron chi connectivity index (χ4n) is 0.908. The minimum atomic E-state index is -4.08. The van der Waals surface area contributed by atoms with Gasteiger partial charge in [0.15, 0.2) is 0 Å². The number of carboxylic acids is 1. The van der Waals surface area contributed by atoms with E-state index in [0.29, 0.717) is 12.8 Å². The van der Waals surface area contributed by atoms with Crippen molar-refractivity contribution in [3.8, 4) is 0 Å². The van der Waals surface area contributed by atoms with Gasteiger partial charge in [-0.05, 0) is 13.3 Å². The van der Waals surface area contributed by atoms with Gasteiger partial charge in [-0.15, -0.1) is 0 Å². The van der Waals surface area contributed by atoms with E-state index in [-0.39, 0.29) is 6.42 Å². The molecule has 0 radical (unpaired) electrons. The van der Waals surface area contributed by atoms with E-state index < -0.39 is 17.5 Å². The quantitative estimate of drug-likeness (QED) is 0.702. The first-order valence-corrected chi connectivity index (χ1v) is 4.09. The summed E-state index contributed by atoms with van der Waals surface area (Å²) in [4.78, 5) is 10.1. The van der Waals surface area contributed by atoms with E-state index in [4.69, 9.17) is 5.11 Å². The van der Waals surface area contributed by atoms with Crippen LogP contribution in [-0.4, -0.2) is 27.7 Å². The van der Waals surface area contributed by atoms with Crippen LogP contribution in [0.1, 0.15) is 33.1 Å². The highest BCUT2D eigenvalue weighted by Crippen LogP contribution is 2.32. The molecule has 0 aliphatic rings. The fraction of sp³-hybridized carbons (Fsp3) is 0.875. The van der Waals surface area contributed by atoms with Gasteiger partial charge in [0.1, 0.15) is 5.60 Å². The number of aliphatic hydroxyl groups is 1. The Bertz CT molecular complexity index is 190. The summed E-state index contributed by atoms with van der Waals surface area (Å²) in [6, 6.07) is 0. The molecule has 0 rings (SSSR count). The first kappa shape index (κ1) is 12.3. The molecule has 0 fully saturated rings. The van der Waals surface area contributed by atoms with Crippen molar-refractivity contribution in [2.45, 2.75) is 44.6 Å². The number of unbranched alkanes of at least 4 members (excludes halogenated alkanes) is 1. The van der Waals surface area contributed by atoms with Crippen molar-refractivity contribution >= 4 is 5.97 Å². The Morgan fingerprint density at radius 2 is 1.92 bits per heavy atom. The summed E-state index contributed by atoms with van der Waals surface area (Å²) in [6.45, 7) is 2.62. The lowest BCUT2D eigenvalue weighted by Crippen LogP contribution is -2.51. The highest BCUT2D eigenvalue weighted by Gasteiger charge is 2.55. The Labute approximate surface area is 75.4 Å². The van der Waals surface area contributed by atoms with Gasteiger partial charge >= 0.3 is 11.9 Å². The number of aliphatic carboxylic acids is 1. The molecule has 0 saturated carbocycles. The number of carbonyl (C=O) groups is 1. The topological polar surface area (TPSA) is 57.5 Å². The minimum absolute atomic E-state index is 0.219. The molecule has 0 spiro atoms. The fourth-order valence-corrected chi connectivity index (χ4v) is 0.908. The van der Waals surface area contributed by atoms with Gasteiger partial charge in [-0.3, -0.25) is 0 Å². The van der Waals surface area contributed by atoms with Crippen molar-refractivity contribution in [3.63, 3.8) is 0 Å². The Balaban J connectivity index is 4.50. The standard InChI is InChI=1S/C8H14F2O3/c1-3-4-5-7(2,13)8(9,10)6(11)12/h13H,3-5H2,1-2H3,(H,11,12). The molecule has 78 valence electrons. The second kappa shape index (κ2) is 4.00. The molecule has 0 saturated heterocycles. The lowest BCUT2D eigenvalue weighted by Gasteiger charge is -2.29. The number of hydrogen-bond acceptors (Lipinski definition) is 2. The van der Waals surface area contributed by atoms with Crippen LogP contribution in [0.15, 0.2) is 0 Å². The van der Waals surface area contributed by atoms with Gasteiger partial charge in [-0.25, -0.2) is 4.79 Å². The smallest absolute Gasteiger partial charge is 0.377 e. The maximum Gasteiger partial charge on any atom is 0.377 e. The minimum Gasteiger partial charge on any atom is -0.477 e. The van der Waals surface area contributed by atoms with E-state index in [9.17, 15) is 18.7 Å². The number of carboxylic acid groups (broad SMARTS) is 1. The SMILES string of the molecule is CCCCC(C)(O)C(F)(F)C(=O)O. The highest BCUT2D eigenvalue weighted by atomic mass is 19.3. The van der Waals surface area contributed by atoms with Crippen LogP contribution in [0.4, 0.5) is 8.78 Å². The van der Waals surface area contributed by atoms with Gasteiger partial charge < -0.3 is 10.2 Å². The zero-order chi connectivity index (χ0) is 10.7. The van der Waals surface area contributed by atoms with Gasteiger partial charge in [0.2, 0.25) is 0 Å². The largest absolute Gasteiger partial charge is 0.477 e. The van der Waals surface area contributed by atoms with Gasteiger partial charge in [0.25, 0.3) is 0 Å². The summed E-state index contributed by atoms with van der Waals surface area (Å²) in [7, 11) is 0. The lowest BCUT2D eigenvalue weighted by atomic mass is 9.92. The molecule has 0 aromatic rings. The third-order valence-corrected chi connectivity index (χ3v) is 1.96. The van der Waals surface area contributed by atoms with E-state index >= 15 is 0 Å². The van der Waals surface area contributed by atoms with Crippen LogP contribution < -0.4 is 0 Å². The Morgan fingerprint density at radius 1 is 1.46 bits per heavy atom. The monoisotopic (exact) mass is 196 g/mol. The van der Waals surface area contributed by atoms with E-state index in [1.807, 2.05) is 0 Å². The van der Waals surface area contributed by atoms with Crippen molar-refractivity contribution in [1.82, 2.24) is 0 Å². The maximum absolute atomic E-state index is 12.8. The van der Waals surface area contributed by atoms with Crippen molar-refractivity contribution < 1.29 is 23.8 Å². The molecule has 0 heterocycles. The van der Waals surface area contributed by atoms with Crippen LogP contribution in [0.2, 0.25) is 0 Å². The van der Waals surface area contributed by atoms with Gasteiger partial charge in [0, 0.05) is 0 Å². The summed E-state index contributed by atoms with van der Waals surface area (Å²) in [5, 5.41) is 17.4. The second-order valence-electron chi connectivity index (χ2n) is 3.26. The summed E-state index contributed by atoms with van der Waals surface area (Å²) in [6.07, 6.45) is 0.782. The van der Waals surface area contributed by atoms with E-state index in [1.54, 1.807) is 6.92 Å². The van der Waals surface area contributed by atoms with Crippen LogP contribution in [0.5, 0.6) is 0 Å². The number of hydrogen-bond donors (Lipinski definition) is 2. The summed E-state index contributed by atoms with van der Waals surface area (Å²) in [5.41, 5.74) is -2.46. The number of alkyl halides is 2. The third-order valence-electron chi connectivity index (χ3n) is 1.96. The predicted molar refractivity (Wildman–Crippen MR) is 42.7 cm³/mol. The molecule has 5 heteroatoms.